The Morgan fingerprint density at radius 3 is 2.42 bits per heavy atom. The van der Waals surface area contributed by atoms with Crippen LogP contribution in [0, 0.1) is 0 Å². The summed E-state index contributed by atoms with van der Waals surface area (Å²) in [7, 11) is 0. The van der Waals surface area contributed by atoms with E-state index in [1.807, 2.05) is 32.0 Å². The summed E-state index contributed by atoms with van der Waals surface area (Å²) in [5.41, 5.74) is -0.0196. The number of esters is 1. The number of carbonyl (C=O) groups excluding carboxylic acids is 1. The van der Waals surface area contributed by atoms with E-state index in [4.69, 9.17) is 9.47 Å². The highest BCUT2D eigenvalue weighted by Gasteiger charge is 2.43. The molecule has 0 amide bonds. The highest BCUT2D eigenvalue weighted by molar-refractivity contribution is 5.89. The lowest BCUT2D eigenvalue weighted by molar-refractivity contribution is -0.207. The van der Waals surface area contributed by atoms with Crippen molar-refractivity contribution in [2.24, 2.45) is 0 Å². The SMILES string of the molecule is CC1(C)CCC(OC(=O)c2ccccc2)C(C)(C)O1. The number of benzene rings is 1. The predicted molar refractivity (Wildman–Crippen MR) is 74.1 cm³/mol. The minimum absolute atomic E-state index is 0.154. The first-order valence-electron chi connectivity index (χ1n) is 6.76. The van der Waals surface area contributed by atoms with E-state index >= 15 is 0 Å². The average Bonchev–Trinajstić information content (AvgIpc) is 2.32. The molecule has 0 N–H and O–H groups in total. The van der Waals surface area contributed by atoms with E-state index in [1.54, 1.807) is 12.1 Å². The lowest BCUT2D eigenvalue weighted by atomic mass is 9.86. The molecular formula is C16H22O3. The number of hydrogen-bond donors (Lipinski definition) is 0. The quantitative estimate of drug-likeness (QED) is 0.764. The monoisotopic (exact) mass is 262 g/mol. The lowest BCUT2D eigenvalue weighted by Crippen LogP contribution is -2.52. The van der Waals surface area contributed by atoms with Crippen molar-refractivity contribution in [3.8, 4) is 0 Å². The van der Waals surface area contributed by atoms with Gasteiger partial charge in [-0.3, -0.25) is 0 Å². The maximum atomic E-state index is 12.1. The van der Waals surface area contributed by atoms with E-state index in [0.717, 1.165) is 12.8 Å². The number of carbonyl (C=O) groups is 1. The van der Waals surface area contributed by atoms with E-state index in [1.165, 1.54) is 0 Å². The second-order valence-electron chi connectivity index (χ2n) is 6.26. The summed E-state index contributed by atoms with van der Waals surface area (Å²) in [6.07, 6.45) is 1.52. The van der Waals surface area contributed by atoms with Crippen molar-refractivity contribution in [1.29, 1.82) is 0 Å². The van der Waals surface area contributed by atoms with Gasteiger partial charge in [-0.25, -0.2) is 4.79 Å². The van der Waals surface area contributed by atoms with E-state index < -0.39 is 5.60 Å². The van der Waals surface area contributed by atoms with Crippen LogP contribution in [0.4, 0.5) is 0 Å². The van der Waals surface area contributed by atoms with Gasteiger partial charge in [-0.15, -0.1) is 0 Å². The molecule has 1 aliphatic rings. The first-order valence-corrected chi connectivity index (χ1v) is 6.76. The zero-order valence-corrected chi connectivity index (χ0v) is 12.1. The van der Waals surface area contributed by atoms with Crippen LogP contribution < -0.4 is 0 Å². The molecule has 1 aromatic rings. The van der Waals surface area contributed by atoms with Crippen molar-refractivity contribution in [2.75, 3.05) is 0 Å². The van der Waals surface area contributed by atoms with Crippen LogP contribution in [0.2, 0.25) is 0 Å². The first kappa shape index (κ1) is 14.1. The van der Waals surface area contributed by atoms with Gasteiger partial charge in [0.15, 0.2) is 0 Å². The maximum Gasteiger partial charge on any atom is 0.338 e. The minimum Gasteiger partial charge on any atom is -0.456 e. The Balaban J connectivity index is 2.06. The van der Waals surface area contributed by atoms with Crippen LogP contribution in [-0.2, 0) is 9.47 Å². The Hall–Kier alpha value is -1.35. The van der Waals surface area contributed by atoms with Gasteiger partial charge in [-0.05, 0) is 52.7 Å². The van der Waals surface area contributed by atoms with Gasteiger partial charge in [0.1, 0.15) is 11.7 Å². The third kappa shape index (κ3) is 3.35. The van der Waals surface area contributed by atoms with Gasteiger partial charge in [0.25, 0.3) is 0 Å². The first-order chi connectivity index (χ1) is 8.80. The molecular weight excluding hydrogens is 240 g/mol. The topological polar surface area (TPSA) is 35.5 Å². The molecule has 19 heavy (non-hydrogen) atoms. The van der Waals surface area contributed by atoms with Crippen LogP contribution in [-0.4, -0.2) is 23.3 Å². The zero-order chi connectivity index (χ0) is 14.1. The van der Waals surface area contributed by atoms with Crippen LogP contribution in [0.5, 0.6) is 0 Å². The largest absolute Gasteiger partial charge is 0.456 e. The Bertz CT molecular complexity index is 448. The molecule has 2 rings (SSSR count). The van der Waals surface area contributed by atoms with Crippen LogP contribution in [0.15, 0.2) is 30.3 Å². The van der Waals surface area contributed by atoms with Gasteiger partial charge in [-0.1, -0.05) is 18.2 Å². The van der Waals surface area contributed by atoms with Crippen LogP contribution in [0.25, 0.3) is 0 Å². The number of ether oxygens (including phenoxy) is 2. The maximum absolute atomic E-state index is 12.1. The second kappa shape index (κ2) is 4.97. The van der Waals surface area contributed by atoms with Gasteiger partial charge in [-0.2, -0.15) is 0 Å². The van der Waals surface area contributed by atoms with Crippen molar-refractivity contribution in [3.05, 3.63) is 35.9 Å². The summed E-state index contributed by atoms with van der Waals surface area (Å²) in [6.45, 7) is 8.11. The normalized spacial score (nSPS) is 24.7. The molecule has 0 aromatic heterocycles. The molecule has 1 aromatic carbocycles. The van der Waals surface area contributed by atoms with Gasteiger partial charge < -0.3 is 9.47 Å². The molecule has 1 atom stereocenters. The van der Waals surface area contributed by atoms with Crippen molar-refractivity contribution in [1.82, 2.24) is 0 Å². The zero-order valence-electron chi connectivity index (χ0n) is 12.1. The fourth-order valence-electron chi connectivity index (χ4n) is 2.63. The second-order valence-corrected chi connectivity index (χ2v) is 6.26. The Morgan fingerprint density at radius 2 is 1.84 bits per heavy atom. The van der Waals surface area contributed by atoms with Gasteiger partial charge in [0.05, 0.1) is 11.2 Å². The van der Waals surface area contributed by atoms with Crippen molar-refractivity contribution < 1.29 is 14.3 Å². The van der Waals surface area contributed by atoms with Crippen LogP contribution in [0.3, 0.4) is 0 Å². The molecule has 3 heteroatoms. The summed E-state index contributed by atoms with van der Waals surface area (Å²) in [6, 6.07) is 9.09. The number of hydrogen-bond acceptors (Lipinski definition) is 3. The molecule has 0 bridgehead atoms. The van der Waals surface area contributed by atoms with Gasteiger partial charge in [0.2, 0.25) is 0 Å². The molecule has 3 nitrogen and oxygen atoms in total. The highest BCUT2D eigenvalue weighted by atomic mass is 16.6. The molecule has 1 heterocycles. The molecule has 104 valence electrons. The van der Waals surface area contributed by atoms with Crippen molar-refractivity contribution in [3.63, 3.8) is 0 Å². The molecule has 1 unspecified atom stereocenters. The Kier molecular flexibility index (Phi) is 3.68. The summed E-state index contributed by atoms with van der Waals surface area (Å²) in [4.78, 5) is 12.1. The van der Waals surface area contributed by atoms with Gasteiger partial charge in [0, 0.05) is 0 Å². The summed E-state index contributed by atoms with van der Waals surface area (Å²) >= 11 is 0. The average molecular weight is 262 g/mol. The molecule has 0 aliphatic carbocycles. The number of rotatable bonds is 2. The highest BCUT2D eigenvalue weighted by Crippen LogP contribution is 2.36. The van der Waals surface area contributed by atoms with E-state index in [-0.39, 0.29) is 17.7 Å². The van der Waals surface area contributed by atoms with Crippen LogP contribution in [0.1, 0.15) is 50.9 Å². The molecule has 0 spiro atoms. The smallest absolute Gasteiger partial charge is 0.338 e. The molecule has 0 radical (unpaired) electrons. The van der Waals surface area contributed by atoms with Crippen molar-refractivity contribution in [2.45, 2.75) is 57.8 Å². The minimum atomic E-state index is -0.452. The fourth-order valence-corrected chi connectivity index (χ4v) is 2.63. The molecule has 1 aliphatic heterocycles. The van der Waals surface area contributed by atoms with E-state index in [9.17, 15) is 4.79 Å². The third-order valence-corrected chi connectivity index (χ3v) is 3.58. The van der Waals surface area contributed by atoms with Gasteiger partial charge >= 0.3 is 5.97 Å². The lowest BCUT2D eigenvalue weighted by Gasteiger charge is -2.45. The standard InChI is InChI=1S/C16H22O3/c1-15(2)11-10-13(16(3,4)19-15)18-14(17)12-8-6-5-7-9-12/h5-9,13H,10-11H2,1-4H3. The fraction of sp³-hybridized carbons (Fsp3) is 0.562. The summed E-state index contributed by atoms with van der Waals surface area (Å²) < 4.78 is 11.7. The third-order valence-electron chi connectivity index (χ3n) is 3.58. The molecule has 1 fully saturated rings. The summed E-state index contributed by atoms with van der Waals surface area (Å²) in [5, 5.41) is 0. The predicted octanol–water partition coefficient (Wildman–Crippen LogP) is 3.58. The Labute approximate surface area is 114 Å². The van der Waals surface area contributed by atoms with E-state index in [2.05, 4.69) is 13.8 Å². The van der Waals surface area contributed by atoms with Crippen LogP contribution >= 0.6 is 0 Å². The van der Waals surface area contributed by atoms with Crippen molar-refractivity contribution >= 4 is 5.97 Å². The van der Waals surface area contributed by atoms with E-state index in [0.29, 0.717) is 5.56 Å². The Morgan fingerprint density at radius 1 is 1.21 bits per heavy atom. The molecule has 0 saturated carbocycles. The molecule has 1 saturated heterocycles. The summed E-state index contributed by atoms with van der Waals surface area (Å²) in [5.74, 6) is -0.276.